The highest BCUT2D eigenvalue weighted by atomic mass is 32.1. The summed E-state index contributed by atoms with van der Waals surface area (Å²) >= 11 is 1.55. The molecule has 0 radical (unpaired) electrons. The zero-order valence-corrected chi connectivity index (χ0v) is 16.3. The van der Waals surface area contributed by atoms with Crippen molar-refractivity contribution in [2.75, 3.05) is 6.61 Å². The summed E-state index contributed by atoms with van der Waals surface area (Å²) in [5.41, 5.74) is 1.94. The number of aryl methyl sites for hydroxylation is 1. The van der Waals surface area contributed by atoms with Crippen LogP contribution in [0.1, 0.15) is 46.9 Å². The third-order valence-electron chi connectivity index (χ3n) is 5.06. The minimum Gasteiger partial charge on any atom is -0.460 e. The van der Waals surface area contributed by atoms with E-state index >= 15 is 0 Å². The van der Waals surface area contributed by atoms with Crippen molar-refractivity contribution in [2.24, 2.45) is 5.92 Å². The SMILES string of the molecule is CCOC(=O)c1nc2sc3c(c2c(=O)n1Cc1ccccc1)CC[C@H](C)C3. The molecule has 1 aliphatic carbocycles. The Balaban J connectivity index is 1.92. The zero-order chi connectivity index (χ0) is 19.0. The highest BCUT2D eigenvalue weighted by Gasteiger charge is 2.26. The fourth-order valence-electron chi connectivity index (χ4n) is 3.69. The molecule has 1 aromatic carbocycles. The number of carbonyl (C=O) groups excluding carboxylic acids is 1. The van der Waals surface area contributed by atoms with Crippen LogP contribution in [0.15, 0.2) is 35.1 Å². The molecule has 6 heteroatoms. The normalized spacial score (nSPS) is 16.3. The number of fused-ring (bicyclic) bond motifs is 3. The fourth-order valence-corrected chi connectivity index (χ4v) is 5.06. The van der Waals surface area contributed by atoms with E-state index in [1.54, 1.807) is 18.3 Å². The van der Waals surface area contributed by atoms with Gasteiger partial charge in [0.25, 0.3) is 5.56 Å². The van der Waals surface area contributed by atoms with Crippen LogP contribution in [0, 0.1) is 5.92 Å². The third-order valence-corrected chi connectivity index (χ3v) is 6.20. The maximum atomic E-state index is 13.4. The predicted molar refractivity (Wildman–Crippen MR) is 107 cm³/mol. The molecular weight excluding hydrogens is 360 g/mol. The molecule has 2 heterocycles. The van der Waals surface area contributed by atoms with Gasteiger partial charge in [-0.25, -0.2) is 9.78 Å². The van der Waals surface area contributed by atoms with E-state index in [0.29, 0.717) is 22.7 Å². The average molecular weight is 382 g/mol. The molecule has 0 spiro atoms. The van der Waals surface area contributed by atoms with Gasteiger partial charge in [-0.3, -0.25) is 9.36 Å². The number of thiophene rings is 1. The van der Waals surface area contributed by atoms with Crippen molar-refractivity contribution in [3.05, 3.63) is 62.5 Å². The van der Waals surface area contributed by atoms with Gasteiger partial charge in [-0.1, -0.05) is 37.3 Å². The second-order valence-electron chi connectivity index (χ2n) is 7.06. The van der Waals surface area contributed by atoms with Gasteiger partial charge in [0.1, 0.15) is 4.83 Å². The first-order chi connectivity index (χ1) is 13.1. The number of hydrogen-bond donors (Lipinski definition) is 0. The average Bonchev–Trinajstić information content (AvgIpc) is 3.02. The van der Waals surface area contributed by atoms with Crippen LogP contribution >= 0.6 is 11.3 Å². The second kappa shape index (κ2) is 7.27. The number of rotatable bonds is 4. The lowest BCUT2D eigenvalue weighted by Crippen LogP contribution is -2.29. The van der Waals surface area contributed by atoms with Gasteiger partial charge < -0.3 is 4.74 Å². The Labute approximate surface area is 161 Å². The quantitative estimate of drug-likeness (QED) is 0.644. The molecule has 0 bridgehead atoms. The monoisotopic (exact) mass is 382 g/mol. The van der Waals surface area contributed by atoms with Crippen molar-refractivity contribution in [1.82, 2.24) is 9.55 Å². The highest BCUT2D eigenvalue weighted by Crippen LogP contribution is 2.35. The van der Waals surface area contributed by atoms with Gasteiger partial charge in [-0.2, -0.15) is 0 Å². The lowest BCUT2D eigenvalue weighted by molar-refractivity contribution is 0.0505. The Morgan fingerprint density at radius 2 is 2.11 bits per heavy atom. The predicted octanol–water partition coefficient (Wildman–Crippen LogP) is 3.81. The van der Waals surface area contributed by atoms with E-state index in [4.69, 9.17) is 4.74 Å². The van der Waals surface area contributed by atoms with Crippen LogP contribution in [0.25, 0.3) is 10.2 Å². The standard InChI is InChI=1S/C21H22N2O3S/c1-3-26-21(25)18-22-19-17(15-10-9-13(2)11-16(15)27-19)20(24)23(18)12-14-7-5-4-6-8-14/h4-8,13H,3,9-12H2,1-2H3/t13-/m0/s1. The van der Waals surface area contributed by atoms with Crippen molar-refractivity contribution < 1.29 is 9.53 Å². The van der Waals surface area contributed by atoms with Gasteiger partial charge in [0.05, 0.1) is 18.5 Å². The Morgan fingerprint density at radius 3 is 2.85 bits per heavy atom. The summed E-state index contributed by atoms with van der Waals surface area (Å²) in [6.07, 6.45) is 2.96. The molecule has 0 amide bonds. The maximum absolute atomic E-state index is 13.4. The Kier molecular flexibility index (Phi) is 4.83. The first-order valence-electron chi connectivity index (χ1n) is 9.34. The molecule has 4 rings (SSSR count). The number of esters is 1. The molecular formula is C21H22N2O3S. The smallest absolute Gasteiger partial charge is 0.374 e. The topological polar surface area (TPSA) is 61.2 Å². The van der Waals surface area contributed by atoms with Crippen molar-refractivity contribution in [1.29, 1.82) is 0 Å². The molecule has 1 atom stereocenters. The van der Waals surface area contributed by atoms with E-state index in [0.717, 1.165) is 30.4 Å². The summed E-state index contributed by atoms with van der Waals surface area (Å²) in [7, 11) is 0. The Hall–Kier alpha value is -2.47. The molecule has 140 valence electrons. The molecule has 0 N–H and O–H groups in total. The molecule has 3 aromatic rings. The third kappa shape index (κ3) is 3.30. The summed E-state index contributed by atoms with van der Waals surface area (Å²) in [6, 6.07) is 9.65. The summed E-state index contributed by atoms with van der Waals surface area (Å²) in [4.78, 5) is 32.4. The van der Waals surface area contributed by atoms with Crippen LogP contribution in [0.2, 0.25) is 0 Å². The van der Waals surface area contributed by atoms with Crippen LogP contribution in [0.5, 0.6) is 0 Å². The molecule has 0 aliphatic heterocycles. The molecule has 27 heavy (non-hydrogen) atoms. The van der Waals surface area contributed by atoms with E-state index in [1.807, 2.05) is 30.3 Å². The van der Waals surface area contributed by atoms with Gasteiger partial charge in [-0.05, 0) is 43.2 Å². The molecule has 5 nitrogen and oxygen atoms in total. The molecule has 1 aliphatic rings. The van der Waals surface area contributed by atoms with Crippen LogP contribution in [-0.2, 0) is 24.1 Å². The Bertz CT molecular complexity index is 1050. The molecule has 0 saturated heterocycles. The van der Waals surface area contributed by atoms with Crippen molar-refractivity contribution in [2.45, 2.75) is 39.7 Å². The van der Waals surface area contributed by atoms with Gasteiger partial charge in [-0.15, -0.1) is 11.3 Å². The molecule has 0 unspecified atom stereocenters. The largest absolute Gasteiger partial charge is 0.460 e. The van der Waals surface area contributed by atoms with Crippen molar-refractivity contribution in [3.8, 4) is 0 Å². The van der Waals surface area contributed by atoms with Crippen molar-refractivity contribution in [3.63, 3.8) is 0 Å². The van der Waals surface area contributed by atoms with Crippen LogP contribution < -0.4 is 5.56 Å². The molecule has 0 saturated carbocycles. The lowest BCUT2D eigenvalue weighted by atomic mass is 9.89. The van der Waals surface area contributed by atoms with Crippen LogP contribution in [0.4, 0.5) is 0 Å². The first kappa shape index (κ1) is 17.9. The maximum Gasteiger partial charge on any atom is 0.374 e. The van der Waals surface area contributed by atoms with Gasteiger partial charge in [0.15, 0.2) is 0 Å². The first-order valence-corrected chi connectivity index (χ1v) is 10.2. The number of ether oxygens (including phenoxy) is 1. The van der Waals surface area contributed by atoms with E-state index in [2.05, 4.69) is 11.9 Å². The number of hydrogen-bond acceptors (Lipinski definition) is 5. The minimum atomic E-state index is -0.549. The summed E-state index contributed by atoms with van der Waals surface area (Å²) in [5, 5.41) is 0.686. The fraction of sp³-hybridized carbons (Fsp3) is 0.381. The number of carbonyl (C=O) groups is 1. The van der Waals surface area contributed by atoms with Crippen LogP contribution in [0.3, 0.4) is 0 Å². The summed E-state index contributed by atoms with van der Waals surface area (Å²) < 4.78 is 6.65. The lowest BCUT2D eigenvalue weighted by Gasteiger charge is -2.17. The minimum absolute atomic E-state index is 0.0878. The zero-order valence-electron chi connectivity index (χ0n) is 15.5. The van der Waals surface area contributed by atoms with Gasteiger partial charge >= 0.3 is 5.97 Å². The number of nitrogens with zero attached hydrogens (tertiary/aromatic N) is 2. The molecule has 2 aromatic heterocycles. The van der Waals surface area contributed by atoms with Crippen molar-refractivity contribution >= 4 is 27.5 Å². The second-order valence-corrected chi connectivity index (χ2v) is 8.15. The van der Waals surface area contributed by atoms with E-state index in [-0.39, 0.29) is 18.0 Å². The highest BCUT2D eigenvalue weighted by molar-refractivity contribution is 7.18. The summed E-state index contributed by atoms with van der Waals surface area (Å²) in [5.74, 6) is 0.152. The Morgan fingerprint density at radius 1 is 1.33 bits per heavy atom. The van der Waals surface area contributed by atoms with Gasteiger partial charge in [0, 0.05) is 4.88 Å². The van der Waals surface area contributed by atoms with E-state index in [1.165, 1.54) is 9.44 Å². The van der Waals surface area contributed by atoms with E-state index < -0.39 is 5.97 Å². The van der Waals surface area contributed by atoms with Gasteiger partial charge in [0.2, 0.25) is 5.82 Å². The molecule has 0 fully saturated rings. The number of aromatic nitrogens is 2. The number of benzene rings is 1. The summed E-state index contributed by atoms with van der Waals surface area (Å²) in [6.45, 7) is 4.54. The van der Waals surface area contributed by atoms with E-state index in [9.17, 15) is 9.59 Å². The van der Waals surface area contributed by atoms with Crippen LogP contribution in [-0.4, -0.2) is 22.1 Å².